The molecule has 0 fully saturated rings. The van der Waals surface area contributed by atoms with Gasteiger partial charge < -0.3 is 9.84 Å². The van der Waals surface area contributed by atoms with Crippen LogP contribution < -0.4 is 10.2 Å². The lowest BCUT2D eigenvalue weighted by molar-refractivity contribution is 0.318. The summed E-state index contributed by atoms with van der Waals surface area (Å²) < 4.78 is 5.01. The normalized spacial score (nSPS) is 9.50. The van der Waals surface area contributed by atoms with Crippen molar-refractivity contribution in [2.24, 2.45) is 0 Å². The number of hydrogen-bond acceptors (Lipinski definition) is 2. The van der Waals surface area contributed by atoms with E-state index in [0.717, 1.165) is 11.2 Å². The minimum atomic E-state index is 0.200. The molecule has 1 aromatic rings. The Morgan fingerprint density at radius 2 is 2.00 bits per heavy atom. The molecule has 0 aromatic heterocycles. The number of rotatable bonds is 4. The van der Waals surface area contributed by atoms with Gasteiger partial charge in [0.25, 0.3) is 0 Å². The van der Waals surface area contributed by atoms with E-state index in [-0.39, 0.29) is 6.61 Å². The summed E-state index contributed by atoms with van der Waals surface area (Å²) in [5, 5.41) is 8.57. The first-order valence-corrected chi connectivity index (χ1v) is 3.95. The van der Waals surface area contributed by atoms with E-state index in [9.17, 15) is 0 Å². The molecular weight excluding hydrogens is 151 g/mol. The van der Waals surface area contributed by atoms with Crippen LogP contribution >= 0.6 is 0 Å². The SMILES string of the molecule is COc1ccc([B]CCO)cc1. The molecule has 0 atom stereocenters. The van der Waals surface area contributed by atoms with Crippen LogP contribution in [0.1, 0.15) is 0 Å². The van der Waals surface area contributed by atoms with Crippen LogP contribution in [0.3, 0.4) is 0 Å². The number of benzene rings is 1. The largest absolute Gasteiger partial charge is 0.497 e. The summed E-state index contributed by atoms with van der Waals surface area (Å²) >= 11 is 0. The molecule has 0 aliphatic heterocycles. The molecule has 1 N–H and O–H groups in total. The smallest absolute Gasteiger partial charge is 0.153 e. The Morgan fingerprint density at radius 1 is 1.33 bits per heavy atom. The Bertz CT molecular complexity index is 220. The predicted octanol–water partition coefficient (Wildman–Crippen LogP) is 0.435. The van der Waals surface area contributed by atoms with E-state index < -0.39 is 0 Å². The molecule has 0 unspecified atom stereocenters. The second kappa shape index (κ2) is 4.83. The van der Waals surface area contributed by atoms with Crippen molar-refractivity contribution in [1.82, 2.24) is 0 Å². The van der Waals surface area contributed by atoms with Crippen LogP contribution in [0.25, 0.3) is 0 Å². The molecular formula is C9H12BO2. The fraction of sp³-hybridized carbons (Fsp3) is 0.333. The molecule has 12 heavy (non-hydrogen) atoms. The number of hydrogen-bond donors (Lipinski definition) is 1. The zero-order valence-electron chi connectivity index (χ0n) is 7.16. The molecule has 0 heterocycles. The average Bonchev–Trinajstić information content (AvgIpc) is 2.15. The molecule has 1 rings (SSSR count). The zero-order chi connectivity index (χ0) is 8.81. The fourth-order valence-electron chi connectivity index (χ4n) is 0.971. The van der Waals surface area contributed by atoms with Crippen LogP contribution in [0.4, 0.5) is 0 Å². The minimum absolute atomic E-state index is 0.200. The zero-order valence-corrected chi connectivity index (χ0v) is 7.16. The van der Waals surface area contributed by atoms with Gasteiger partial charge in [-0.15, -0.1) is 0 Å². The molecule has 0 aliphatic carbocycles. The standard InChI is InChI=1S/C9H12BO2/c1-12-9-4-2-8(3-5-9)10-6-7-11/h2-5,11H,6-7H2,1H3. The van der Waals surface area contributed by atoms with Crippen molar-refractivity contribution >= 4 is 12.7 Å². The summed E-state index contributed by atoms with van der Waals surface area (Å²) in [6.07, 6.45) is 0.701. The predicted molar refractivity (Wildman–Crippen MR) is 50.3 cm³/mol. The maximum absolute atomic E-state index is 8.57. The summed E-state index contributed by atoms with van der Waals surface area (Å²) in [4.78, 5) is 0. The van der Waals surface area contributed by atoms with Gasteiger partial charge in [-0.05, 0) is 12.1 Å². The number of methoxy groups -OCH3 is 1. The highest BCUT2D eigenvalue weighted by Gasteiger charge is 1.94. The molecule has 2 nitrogen and oxygen atoms in total. The quantitative estimate of drug-likeness (QED) is 0.652. The third-order valence-corrected chi connectivity index (χ3v) is 1.62. The van der Waals surface area contributed by atoms with E-state index in [1.165, 1.54) is 0 Å². The number of ether oxygens (including phenoxy) is 1. The molecule has 3 heteroatoms. The van der Waals surface area contributed by atoms with Gasteiger partial charge in [0.1, 0.15) is 5.75 Å². The monoisotopic (exact) mass is 163 g/mol. The highest BCUT2D eigenvalue weighted by molar-refractivity contribution is 6.53. The third kappa shape index (κ3) is 2.59. The van der Waals surface area contributed by atoms with Crippen LogP contribution in [0.2, 0.25) is 6.32 Å². The molecule has 0 bridgehead atoms. The average molecular weight is 163 g/mol. The Morgan fingerprint density at radius 3 is 2.50 bits per heavy atom. The van der Waals surface area contributed by atoms with Gasteiger partial charge in [-0.25, -0.2) is 0 Å². The van der Waals surface area contributed by atoms with Crippen molar-refractivity contribution in [3.05, 3.63) is 24.3 Å². The molecule has 1 aromatic carbocycles. The molecule has 63 valence electrons. The number of aliphatic hydroxyl groups is 1. The van der Waals surface area contributed by atoms with Crippen LogP contribution in [0.5, 0.6) is 5.75 Å². The van der Waals surface area contributed by atoms with Gasteiger partial charge in [-0.1, -0.05) is 23.9 Å². The van der Waals surface area contributed by atoms with Crippen molar-refractivity contribution in [1.29, 1.82) is 0 Å². The second-order valence-electron chi connectivity index (χ2n) is 2.49. The van der Waals surface area contributed by atoms with Gasteiger partial charge >= 0.3 is 0 Å². The van der Waals surface area contributed by atoms with E-state index in [0.29, 0.717) is 6.32 Å². The molecule has 0 amide bonds. The lowest BCUT2D eigenvalue weighted by atomic mass is 9.68. The second-order valence-corrected chi connectivity index (χ2v) is 2.49. The van der Waals surface area contributed by atoms with Crippen LogP contribution in [-0.2, 0) is 0 Å². The van der Waals surface area contributed by atoms with E-state index in [2.05, 4.69) is 0 Å². The highest BCUT2D eigenvalue weighted by atomic mass is 16.5. The van der Waals surface area contributed by atoms with E-state index >= 15 is 0 Å². The Labute approximate surface area is 73.4 Å². The van der Waals surface area contributed by atoms with Crippen molar-refractivity contribution in [2.45, 2.75) is 6.32 Å². The molecule has 0 spiro atoms. The summed E-state index contributed by atoms with van der Waals surface area (Å²) in [5.74, 6) is 0.858. The van der Waals surface area contributed by atoms with Gasteiger partial charge in [-0.2, -0.15) is 0 Å². The first-order chi connectivity index (χ1) is 5.86. The maximum atomic E-state index is 8.57. The van der Waals surface area contributed by atoms with E-state index in [4.69, 9.17) is 9.84 Å². The lowest BCUT2D eigenvalue weighted by Gasteiger charge is -2.00. The molecule has 0 saturated heterocycles. The summed E-state index contributed by atoms with van der Waals surface area (Å²) in [5.41, 5.74) is 1.12. The first kappa shape index (κ1) is 9.14. The highest BCUT2D eigenvalue weighted by Crippen LogP contribution is 2.05. The first-order valence-electron chi connectivity index (χ1n) is 3.95. The summed E-state index contributed by atoms with van der Waals surface area (Å²) in [6.45, 7) is 0.200. The number of aliphatic hydroxyl groups excluding tert-OH is 1. The lowest BCUT2D eigenvalue weighted by Crippen LogP contribution is -2.13. The van der Waals surface area contributed by atoms with Gasteiger partial charge in [0.15, 0.2) is 7.28 Å². The topological polar surface area (TPSA) is 29.5 Å². The van der Waals surface area contributed by atoms with E-state index in [1.807, 2.05) is 31.5 Å². The van der Waals surface area contributed by atoms with Crippen LogP contribution in [-0.4, -0.2) is 26.1 Å². The molecule has 0 aliphatic rings. The van der Waals surface area contributed by atoms with Crippen LogP contribution in [0, 0.1) is 0 Å². The fourth-order valence-corrected chi connectivity index (χ4v) is 0.971. The molecule has 0 saturated carbocycles. The van der Waals surface area contributed by atoms with Crippen molar-refractivity contribution in [3.8, 4) is 5.75 Å². The minimum Gasteiger partial charge on any atom is -0.497 e. The van der Waals surface area contributed by atoms with Gasteiger partial charge in [0.2, 0.25) is 0 Å². The summed E-state index contributed by atoms with van der Waals surface area (Å²) in [7, 11) is 3.63. The van der Waals surface area contributed by atoms with Crippen LogP contribution in [0.15, 0.2) is 24.3 Å². The van der Waals surface area contributed by atoms with Gasteiger partial charge in [-0.3, -0.25) is 0 Å². The van der Waals surface area contributed by atoms with Crippen molar-refractivity contribution < 1.29 is 9.84 Å². The van der Waals surface area contributed by atoms with Gasteiger partial charge in [0, 0.05) is 6.61 Å². The summed E-state index contributed by atoms with van der Waals surface area (Å²) in [6, 6.07) is 7.75. The van der Waals surface area contributed by atoms with E-state index in [1.54, 1.807) is 7.11 Å². The van der Waals surface area contributed by atoms with Gasteiger partial charge in [0.05, 0.1) is 7.11 Å². The Hall–Kier alpha value is -0.955. The maximum Gasteiger partial charge on any atom is 0.153 e. The third-order valence-electron chi connectivity index (χ3n) is 1.62. The Kier molecular flexibility index (Phi) is 3.68. The Balaban J connectivity index is 2.53. The van der Waals surface area contributed by atoms with Crippen molar-refractivity contribution in [3.63, 3.8) is 0 Å². The molecule has 1 radical (unpaired) electrons. The van der Waals surface area contributed by atoms with Crippen molar-refractivity contribution in [2.75, 3.05) is 13.7 Å².